The van der Waals surface area contributed by atoms with Crippen LogP contribution in [-0.4, -0.2) is 65.5 Å². The van der Waals surface area contributed by atoms with Gasteiger partial charge >= 0.3 is 24.5 Å². The summed E-state index contributed by atoms with van der Waals surface area (Å²) < 4.78 is 119. The number of hydrogen-bond donors (Lipinski definition) is 8. The Kier molecular flexibility index (Phi) is 21.8. The molecule has 0 bridgehead atoms. The van der Waals surface area contributed by atoms with Gasteiger partial charge < -0.3 is 24.8 Å². The van der Waals surface area contributed by atoms with E-state index in [4.69, 9.17) is 20.5 Å². The zero-order valence-corrected chi connectivity index (χ0v) is 44.2. The lowest BCUT2D eigenvalue weighted by molar-refractivity contribution is -0.154. The summed E-state index contributed by atoms with van der Waals surface area (Å²) in [5.41, 5.74) is 5.22. The quantitative estimate of drug-likeness (QED) is 0.0246. The van der Waals surface area contributed by atoms with E-state index in [1.165, 1.54) is 70.2 Å². The van der Waals surface area contributed by atoms with Gasteiger partial charge in [-0.2, -0.15) is 39.5 Å². The number of hydrazine groups is 2. The molecule has 15 nitrogen and oxygen atoms in total. The summed E-state index contributed by atoms with van der Waals surface area (Å²) in [6, 6.07) is 35.2. The van der Waals surface area contributed by atoms with Crippen LogP contribution in [0.3, 0.4) is 0 Å². The maximum atomic E-state index is 12.7. The van der Waals surface area contributed by atoms with Crippen molar-refractivity contribution in [1.29, 1.82) is 0 Å². The summed E-state index contributed by atoms with van der Waals surface area (Å²) >= 11 is 0. The molecule has 0 atom stereocenters. The van der Waals surface area contributed by atoms with E-state index in [9.17, 15) is 68.9 Å². The molecule has 3 amide bonds. The number of carbonyl (C=O) groups is 4. The average Bonchev–Trinajstić information content (AvgIpc) is 3.91. The highest BCUT2D eigenvalue weighted by Gasteiger charge is 2.32. The number of nitrogens with zero attached hydrogens (tertiary/aromatic N) is 2. The number of amides is 3. The number of aromatic nitrogens is 2. The lowest BCUT2D eigenvalue weighted by Crippen LogP contribution is -2.50. The van der Waals surface area contributed by atoms with E-state index in [0.717, 1.165) is 47.5 Å². The topological polar surface area (TPSA) is 250 Å². The number of nitrogen functional groups attached to an aromatic ring is 1. The third-order valence-electron chi connectivity index (χ3n) is 11.2. The molecule has 1 heterocycles. The fraction of sp³-hybridized carbons (Fsp3) is 0.263. The van der Waals surface area contributed by atoms with Crippen molar-refractivity contribution in [3.05, 3.63) is 213 Å². The zero-order valence-electron chi connectivity index (χ0n) is 44.2. The maximum absolute atomic E-state index is 12.7. The summed E-state index contributed by atoms with van der Waals surface area (Å²) in [4.78, 5) is 45.3. The first kappa shape index (κ1) is 65.1. The minimum atomic E-state index is -4.41. The van der Waals surface area contributed by atoms with Gasteiger partial charge in [-0.3, -0.25) is 30.7 Å². The SMILES string of the molecule is CC(C)(O)C(=O)NNC(=O)c1ccccc1Cc1ccc(C(F)(F)F)cc1.CC(C)(O)C(=O)O.CC(C)(O)c1nnc(-c2ccccc2Cc2ccc(C(F)(F)F)cc2)o1.NNC(=O)c1ccccc1Cc1ccc(C(F)(F)F)cc1. The Bertz CT molecular complexity index is 3220. The largest absolute Gasteiger partial charge is 0.479 e. The summed E-state index contributed by atoms with van der Waals surface area (Å²) in [5, 5.41) is 43.8. The molecule has 0 unspecified atom stereocenters. The summed E-state index contributed by atoms with van der Waals surface area (Å²) in [6.45, 7) is 8.06. The number of halogens is 9. The van der Waals surface area contributed by atoms with Crippen LogP contribution >= 0.6 is 0 Å². The van der Waals surface area contributed by atoms with E-state index in [1.54, 1.807) is 68.4 Å². The number of hydrogen-bond acceptors (Lipinski definition) is 11. The second-order valence-corrected chi connectivity index (χ2v) is 19.4. The van der Waals surface area contributed by atoms with Crippen LogP contribution in [0.2, 0.25) is 0 Å². The molecule has 1 aromatic heterocycles. The summed E-state index contributed by atoms with van der Waals surface area (Å²) in [7, 11) is 0. The molecule has 0 saturated heterocycles. The van der Waals surface area contributed by atoms with Crippen LogP contribution in [0, 0.1) is 0 Å². The van der Waals surface area contributed by atoms with Crippen molar-refractivity contribution < 1.29 is 83.5 Å². The lowest BCUT2D eigenvalue weighted by Gasteiger charge is -2.17. The van der Waals surface area contributed by atoms with Crippen molar-refractivity contribution in [2.24, 2.45) is 5.84 Å². The maximum Gasteiger partial charge on any atom is 0.416 e. The molecule has 81 heavy (non-hydrogen) atoms. The van der Waals surface area contributed by atoms with Gasteiger partial charge in [-0.15, -0.1) is 10.2 Å². The molecular weight excluding hydrogens is 1080 g/mol. The number of nitrogens with one attached hydrogen (secondary N) is 3. The predicted molar refractivity (Wildman–Crippen MR) is 278 cm³/mol. The fourth-order valence-electron chi connectivity index (χ4n) is 6.76. The highest BCUT2D eigenvalue weighted by molar-refractivity contribution is 5.97. The number of benzene rings is 6. The van der Waals surface area contributed by atoms with Gasteiger partial charge in [-0.25, -0.2) is 10.6 Å². The summed E-state index contributed by atoms with van der Waals surface area (Å²) in [5.74, 6) is 2.44. The highest BCUT2D eigenvalue weighted by Crippen LogP contribution is 2.33. The molecule has 0 aliphatic carbocycles. The highest BCUT2D eigenvalue weighted by atomic mass is 19.4. The molecule has 0 fully saturated rings. The van der Waals surface area contributed by atoms with E-state index in [0.29, 0.717) is 46.2 Å². The molecule has 0 radical (unpaired) electrons. The molecule has 432 valence electrons. The van der Waals surface area contributed by atoms with Crippen LogP contribution in [0.4, 0.5) is 39.5 Å². The van der Waals surface area contributed by atoms with Gasteiger partial charge in [0.15, 0.2) is 5.60 Å². The second kappa shape index (κ2) is 27.1. The van der Waals surface area contributed by atoms with Crippen molar-refractivity contribution in [2.45, 2.75) is 96.1 Å². The van der Waals surface area contributed by atoms with Gasteiger partial charge in [0.25, 0.3) is 17.7 Å². The molecule has 24 heteroatoms. The Labute approximate surface area is 458 Å². The van der Waals surface area contributed by atoms with Gasteiger partial charge in [0, 0.05) is 16.7 Å². The smallest absolute Gasteiger partial charge is 0.416 e. The number of aliphatic hydroxyl groups is 3. The van der Waals surface area contributed by atoms with Gasteiger partial charge in [-0.1, -0.05) is 91.0 Å². The third-order valence-corrected chi connectivity index (χ3v) is 11.2. The summed E-state index contributed by atoms with van der Waals surface area (Å²) in [6.07, 6.45) is -12.1. The van der Waals surface area contributed by atoms with E-state index in [-0.39, 0.29) is 23.8 Å². The van der Waals surface area contributed by atoms with Crippen LogP contribution < -0.4 is 22.1 Å². The number of aliphatic carboxylic acids is 1. The molecule has 6 aromatic carbocycles. The van der Waals surface area contributed by atoms with Gasteiger partial charge in [-0.05, 0) is 149 Å². The Morgan fingerprint density at radius 1 is 0.481 bits per heavy atom. The Morgan fingerprint density at radius 3 is 1.16 bits per heavy atom. The molecule has 0 aliphatic heterocycles. The van der Waals surface area contributed by atoms with Gasteiger partial charge in [0.05, 0.1) is 16.7 Å². The van der Waals surface area contributed by atoms with Crippen LogP contribution in [-0.2, 0) is 53.0 Å². The number of carbonyl (C=O) groups excluding carboxylic acids is 3. The first-order valence-electron chi connectivity index (χ1n) is 24.1. The van der Waals surface area contributed by atoms with E-state index < -0.39 is 75.7 Å². The monoisotopic (exact) mass is 1140 g/mol. The molecule has 9 N–H and O–H groups in total. The second-order valence-electron chi connectivity index (χ2n) is 19.4. The van der Waals surface area contributed by atoms with E-state index >= 15 is 0 Å². The van der Waals surface area contributed by atoms with E-state index in [1.807, 2.05) is 17.6 Å². The number of carboxylic acid groups (broad SMARTS) is 1. The normalized spacial score (nSPS) is 11.8. The van der Waals surface area contributed by atoms with Crippen LogP contribution in [0.1, 0.15) is 118 Å². The van der Waals surface area contributed by atoms with Crippen molar-refractivity contribution in [2.75, 3.05) is 0 Å². The first-order valence-corrected chi connectivity index (χ1v) is 24.1. The van der Waals surface area contributed by atoms with Crippen LogP contribution in [0.25, 0.3) is 11.5 Å². The Balaban J connectivity index is 0.000000248. The predicted octanol–water partition coefficient (Wildman–Crippen LogP) is 10.1. The minimum Gasteiger partial charge on any atom is -0.479 e. The number of nitrogens with two attached hydrogens (primary N) is 1. The first-order chi connectivity index (χ1) is 37.5. The van der Waals surface area contributed by atoms with Gasteiger partial charge in [0.2, 0.25) is 11.8 Å². The van der Waals surface area contributed by atoms with Crippen LogP contribution in [0.5, 0.6) is 0 Å². The standard InChI is InChI=1S/C19H19F3N2O3.C19H17F3N2O2.C15H13F3N2O.C4H8O3/c1-18(2,27)17(26)24-23-16(25)15-6-4-3-5-13(15)11-12-7-9-14(10-8-12)19(20,21)22;1-18(2,25)17-24-23-16(26-17)15-6-4-3-5-13(15)11-12-7-9-14(10-8-12)19(20,21)22;16-15(17,18)12-7-5-10(6-8-12)9-11-3-1-2-4-13(11)14(21)20-19;1-4(2,7)3(5)6/h3-10,27H,11H2,1-2H3,(H,23,25)(H,24,26);3-10,25H,11H2,1-2H3;1-8H,9,19H2,(H,20,21);7H,1-2H3,(H,5,6). The van der Waals surface area contributed by atoms with Gasteiger partial charge in [0.1, 0.15) is 11.2 Å². The minimum absolute atomic E-state index is 0.0943. The fourth-order valence-corrected chi connectivity index (χ4v) is 6.76. The molecule has 0 aliphatic rings. The van der Waals surface area contributed by atoms with Crippen molar-refractivity contribution in [1.82, 2.24) is 26.5 Å². The molecule has 7 aromatic rings. The lowest BCUT2D eigenvalue weighted by atomic mass is 9.98. The molecular formula is C57H57F9N6O9. The number of alkyl halides is 9. The third kappa shape index (κ3) is 20.3. The molecule has 7 rings (SSSR count). The Morgan fingerprint density at radius 2 is 0.827 bits per heavy atom. The van der Waals surface area contributed by atoms with Crippen molar-refractivity contribution in [3.63, 3.8) is 0 Å². The number of carboxylic acids is 1. The van der Waals surface area contributed by atoms with Crippen LogP contribution in [0.15, 0.2) is 150 Å². The van der Waals surface area contributed by atoms with E-state index in [2.05, 4.69) is 21.0 Å². The van der Waals surface area contributed by atoms with Crippen molar-refractivity contribution in [3.8, 4) is 11.5 Å². The zero-order chi connectivity index (χ0) is 60.7. The van der Waals surface area contributed by atoms with Crippen molar-refractivity contribution >= 4 is 23.7 Å². The Hall–Kier alpha value is -8.45. The number of rotatable bonds is 12. The average molecular weight is 1140 g/mol. The molecule has 0 saturated carbocycles. The molecule has 0 spiro atoms.